The largest absolute Gasteiger partial charge is 0.452 e. The van der Waals surface area contributed by atoms with E-state index in [4.69, 9.17) is 5.11 Å². The van der Waals surface area contributed by atoms with Crippen molar-refractivity contribution < 1.29 is 23.1 Å². The van der Waals surface area contributed by atoms with Crippen molar-refractivity contribution in [1.82, 2.24) is 9.44 Å². The molecule has 0 spiro atoms. The lowest BCUT2D eigenvalue weighted by Gasteiger charge is -2.15. The Labute approximate surface area is 102 Å². The van der Waals surface area contributed by atoms with Gasteiger partial charge in [0.05, 0.1) is 7.11 Å². The molecule has 17 heavy (non-hydrogen) atoms. The standard InChI is InChI=1S/C9H20N2O5S/c1-3-4-8(5-6-12)7-10-17(14,15)11-9(13)16-2/h8,10,12H,3-7H2,1-2H3,(H,11,13). The average molecular weight is 268 g/mol. The van der Waals surface area contributed by atoms with Gasteiger partial charge in [0.15, 0.2) is 0 Å². The van der Waals surface area contributed by atoms with Crippen LogP contribution in [0.15, 0.2) is 0 Å². The number of ether oxygens (including phenoxy) is 1. The summed E-state index contributed by atoms with van der Waals surface area (Å²) in [5, 5.41) is 8.81. The van der Waals surface area contributed by atoms with Gasteiger partial charge in [0.1, 0.15) is 0 Å². The zero-order chi connectivity index (χ0) is 13.3. The van der Waals surface area contributed by atoms with E-state index in [2.05, 4.69) is 9.46 Å². The van der Waals surface area contributed by atoms with Gasteiger partial charge in [-0.2, -0.15) is 13.1 Å². The van der Waals surface area contributed by atoms with Crippen LogP contribution in [0.2, 0.25) is 0 Å². The molecule has 0 saturated heterocycles. The first-order chi connectivity index (χ1) is 7.95. The van der Waals surface area contributed by atoms with Crippen molar-refractivity contribution >= 4 is 16.3 Å². The number of nitrogens with one attached hydrogen (secondary N) is 2. The Balaban J connectivity index is 4.17. The quantitative estimate of drug-likeness (QED) is 0.573. The molecule has 8 heteroatoms. The van der Waals surface area contributed by atoms with Gasteiger partial charge in [-0.15, -0.1) is 0 Å². The van der Waals surface area contributed by atoms with Crippen molar-refractivity contribution in [2.45, 2.75) is 26.2 Å². The van der Waals surface area contributed by atoms with Crippen LogP contribution in [0.3, 0.4) is 0 Å². The average Bonchev–Trinajstić information content (AvgIpc) is 2.26. The monoisotopic (exact) mass is 268 g/mol. The zero-order valence-electron chi connectivity index (χ0n) is 10.1. The summed E-state index contributed by atoms with van der Waals surface area (Å²) in [5.74, 6) is 0.0548. The zero-order valence-corrected chi connectivity index (χ0v) is 10.9. The first kappa shape index (κ1) is 16.1. The lowest BCUT2D eigenvalue weighted by atomic mass is 10.0. The number of rotatable bonds is 8. The highest BCUT2D eigenvalue weighted by Gasteiger charge is 2.16. The van der Waals surface area contributed by atoms with E-state index in [-0.39, 0.29) is 19.1 Å². The van der Waals surface area contributed by atoms with E-state index in [1.54, 1.807) is 4.72 Å². The van der Waals surface area contributed by atoms with Gasteiger partial charge in [0.25, 0.3) is 0 Å². The van der Waals surface area contributed by atoms with Crippen LogP contribution in [0, 0.1) is 5.92 Å². The molecule has 0 aromatic carbocycles. The smallest absolute Gasteiger partial charge is 0.421 e. The van der Waals surface area contributed by atoms with Crippen molar-refractivity contribution in [2.24, 2.45) is 5.92 Å². The minimum atomic E-state index is -3.88. The molecule has 0 saturated carbocycles. The highest BCUT2D eigenvalue weighted by atomic mass is 32.2. The normalized spacial score (nSPS) is 13.1. The lowest BCUT2D eigenvalue weighted by Crippen LogP contribution is -2.42. The number of aliphatic hydroxyl groups is 1. The van der Waals surface area contributed by atoms with Gasteiger partial charge in [-0.25, -0.2) is 9.52 Å². The van der Waals surface area contributed by atoms with E-state index >= 15 is 0 Å². The summed E-state index contributed by atoms with van der Waals surface area (Å²) in [6.07, 6.45) is 1.19. The van der Waals surface area contributed by atoms with Gasteiger partial charge < -0.3 is 9.84 Å². The van der Waals surface area contributed by atoms with Gasteiger partial charge in [-0.05, 0) is 18.8 Å². The maximum absolute atomic E-state index is 11.3. The lowest BCUT2D eigenvalue weighted by molar-refractivity contribution is 0.177. The Bertz CT molecular complexity index is 311. The van der Waals surface area contributed by atoms with Crippen LogP contribution < -0.4 is 9.44 Å². The number of hydrogen-bond donors (Lipinski definition) is 3. The van der Waals surface area contributed by atoms with Crippen LogP contribution >= 0.6 is 0 Å². The predicted molar refractivity (Wildman–Crippen MR) is 62.6 cm³/mol. The third-order valence-corrected chi connectivity index (χ3v) is 3.18. The Hall–Kier alpha value is -0.860. The van der Waals surface area contributed by atoms with Crippen LogP contribution in [0.1, 0.15) is 26.2 Å². The second kappa shape index (κ2) is 8.26. The summed E-state index contributed by atoms with van der Waals surface area (Å²) in [6, 6.07) is 0. The van der Waals surface area contributed by atoms with Crippen molar-refractivity contribution in [3.63, 3.8) is 0 Å². The van der Waals surface area contributed by atoms with Crippen molar-refractivity contribution in [3.05, 3.63) is 0 Å². The fourth-order valence-corrected chi connectivity index (χ4v) is 2.18. The summed E-state index contributed by atoms with van der Waals surface area (Å²) < 4.78 is 30.8. The van der Waals surface area contributed by atoms with Gasteiger partial charge in [0.2, 0.25) is 0 Å². The Morgan fingerprint density at radius 1 is 1.41 bits per heavy atom. The summed E-state index contributed by atoms with van der Waals surface area (Å²) >= 11 is 0. The molecular weight excluding hydrogens is 248 g/mol. The second-order valence-electron chi connectivity index (χ2n) is 3.61. The molecule has 7 nitrogen and oxygen atoms in total. The molecule has 0 bridgehead atoms. The number of aliphatic hydroxyl groups excluding tert-OH is 1. The van der Waals surface area contributed by atoms with Crippen molar-refractivity contribution in [1.29, 1.82) is 0 Å². The molecule has 0 radical (unpaired) electrons. The minimum Gasteiger partial charge on any atom is -0.452 e. The highest BCUT2D eigenvalue weighted by Crippen LogP contribution is 2.09. The molecule has 1 amide bonds. The molecule has 0 fully saturated rings. The molecule has 1 atom stereocenters. The number of amides is 1. The molecule has 3 N–H and O–H groups in total. The molecule has 0 aliphatic heterocycles. The second-order valence-corrected chi connectivity index (χ2v) is 5.11. The first-order valence-electron chi connectivity index (χ1n) is 5.41. The van der Waals surface area contributed by atoms with E-state index < -0.39 is 16.3 Å². The molecule has 0 aliphatic rings. The SMILES string of the molecule is CCCC(CCO)CNS(=O)(=O)NC(=O)OC. The third kappa shape index (κ3) is 7.94. The van der Waals surface area contributed by atoms with Gasteiger partial charge in [-0.3, -0.25) is 0 Å². The first-order valence-corrected chi connectivity index (χ1v) is 6.89. The predicted octanol–water partition coefficient (Wildman–Crippen LogP) is -0.0245. The number of carbonyl (C=O) groups excluding carboxylic acids is 1. The van der Waals surface area contributed by atoms with Crippen LogP contribution in [0.4, 0.5) is 4.79 Å². The summed E-state index contributed by atoms with van der Waals surface area (Å²) in [7, 11) is -2.80. The molecule has 102 valence electrons. The molecule has 0 aromatic heterocycles. The van der Waals surface area contributed by atoms with Crippen LogP contribution in [0.5, 0.6) is 0 Å². The Kier molecular flexibility index (Phi) is 7.85. The molecular formula is C9H20N2O5S. The van der Waals surface area contributed by atoms with Crippen LogP contribution in [-0.4, -0.2) is 39.9 Å². The summed E-state index contributed by atoms with van der Waals surface area (Å²) in [5.41, 5.74) is 0. The van der Waals surface area contributed by atoms with Crippen molar-refractivity contribution in [2.75, 3.05) is 20.3 Å². The summed E-state index contributed by atoms with van der Waals surface area (Å²) in [6.45, 7) is 2.17. The fraction of sp³-hybridized carbons (Fsp3) is 0.889. The molecule has 0 rings (SSSR count). The highest BCUT2D eigenvalue weighted by molar-refractivity contribution is 7.88. The molecule has 0 aromatic rings. The fourth-order valence-electron chi connectivity index (χ4n) is 1.35. The van der Waals surface area contributed by atoms with Gasteiger partial charge in [-0.1, -0.05) is 13.3 Å². The van der Waals surface area contributed by atoms with E-state index in [0.29, 0.717) is 6.42 Å². The van der Waals surface area contributed by atoms with E-state index in [9.17, 15) is 13.2 Å². The Morgan fingerprint density at radius 3 is 2.53 bits per heavy atom. The topological polar surface area (TPSA) is 105 Å². The van der Waals surface area contributed by atoms with E-state index in [1.807, 2.05) is 6.92 Å². The van der Waals surface area contributed by atoms with Crippen molar-refractivity contribution in [3.8, 4) is 0 Å². The van der Waals surface area contributed by atoms with Gasteiger partial charge >= 0.3 is 16.3 Å². The van der Waals surface area contributed by atoms with E-state index in [0.717, 1.165) is 20.0 Å². The maximum atomic E-state index is 11.3. The minimum absolute atomic E-state index is 0.0107. The number of methoxy groups -OCH3 is 1. The van der Waals surface area contributed by atoms with E-state index in [1.165, 1.54) is 0 Å². The maximum Gasteiger partial charge on any atom is 0.421 e. The summed E-state index contributed by atoms with van der Waals surface area (Å²) in [4.78, 5) is 10.7. The molecule has 0 heterocycles. The molecule has 1 unspecified atom stereocenters. The van der Waals surface area contributed by atoms with Gasteiger partial charge in [0, 0.05) is 13.2 Å². The Morgan fingerprint density at radius 2 is 2.06 bits per heavy atom. The number of carbonyl (C=O) groups is 1. The third-order valence-electron chi connectivity index (χ3n) is 2.20. The van der Waals surface area contributed by atoms with Crippen LogP contribution in [0.25, 0.3) is 0 Å². The van der Waals surface area contributed by atoms with Crippen LogP contribution in [-0.2, 0) is 14.9 Å². The number of hydrogen-bond acceptors (Lipinski definition) is 5. The molecule has 0 aliphatic carbocycles.